The molecule has 0 aromatic heterocycles. The summed E-state index contributed by atoms with van der Waals surface area (Å²) in [5.41, 5.74) is 0.140. The molecule has 1 fully saturated rings. The van der Waals surface area contributed by atoms with Crippen LogP contribution in [-0.2, 0) is 17.3 Å². The predicted octanol–water partition coefficient (Wildman–Crippen LogP) is 2.97. The first-order chi connectivity index (χ1) is 8.26. The molecule has 1 heterocycles. The molecule has 1 aliphatic rings. The van der Waals surface area contributed by atoms with Gasteiger partial charge in [-0.15, -0.1) is 0 Å². The third kappa shape index (κ3) is 3.23. The molecule has 1 aromatic carbocycles. The van der Waals surface area contributed by atoms with Crippen molar-refractivity contribution in [3.05, 3.63) is 35.4 Å². The average Bonchev–Trinajstić information content (AvgIpc) is 2.57. The number of alkyl halides is 3. The van der Waals surface area contributed by atoms with Gasteiger partial charge in [0.25, 0.3) is 0 Å². The molecule has 1 N–H and O–H groups in total. The van der Waals surface area contributed by atoms with Gasteiger partial charge in [-0.25, -0.2) is 0 Å². The molecule has 0 saturated carbocycles. The predicted molar refractivity (Wildman–Crippen MR) is 62.1 cm³/mol. The van der Waals surface area contributed by atoms with Crippen LogP contribution in [0.25, 0.3) is 0 Å². The molecule has 0 aliphatic carbocycles. The number of hydrogen-bond acceptors (Lipinski definition) is 2. The number of hydrogen-bond donors (Lipinski definition) is 1. The summed E-state index contributed by atoms with van der Waals surface area (Å²) >= 11 is 0. The topological polar surface area (TPSA) is 21.3 Å². The zero-order valence-electron chi connectivity index (χ0n) is 10.3. The molecule has 2 nitrogen and oxygen atoms in total. The average molecular weight is 259 g/mol. The second-order valence-electron chi connectivity index (χ2n) is 5.23. The normalized spacial score (nSPS) is 23.3. The van der Waals surface area contributed by atoms with Gasteiger partial charge in [-0.3, -0.25) is 5.32 Å². The van der Waals surface area contributed by atoms with E-state index >= 15 is 0 Å². The fourth-order valence-electron chi connectivity index (χ4n) is 1.98. The maximum absolute atomic E-state index is 12.4. The van der Waals surface area contributed by atoms with E-state index in [1.165, 1.54) is 12.1 Å². The molecule has 1 aromatic rings. The van der Waals surface area contributed by atoms with E-state index < -0.39 is 11.7 Å². The number of rotatable bonds is 2. The first-order valence-corrected chi connectivity index (χ1v) is 5.82. The van der Waals surface area contributed by atoms with E-state index in [1.54, 1.807) is 0 Å². The van der Waals surface area contributed by atoms with Crippen LogP contribution in [-0.4, -0.2) is 18.4 Å². The highest BCUT2D eigenvalue weighted by Crippen LogP contribution is 2.29. The number of ether oxygens (including phenoxy) is 1. The second kappa shape index (κ2) is 4.55. The van der Waals surface area contributed by atoms with Crippen LogP contribution in [0.15, 0.2) is 24.3 Å². The van der Waals surface area contributed by atoms with Crippen molar-refractivity contribution in [1.29, 1.82) is 0 Å². The van der Waals surface area contributed by atoms with Gasteiger partial charge in [0.2, 0.25) is 0 Å². The Balaban J connectivity index is 1.99. The third-order valence-corrected chi connectivity index (χ3v) is 2.90. The largest absolute Gasteiger partial charge is 0.416 e. The fraction of sp³-hybridized carbons (Fsp3) is 0.538. The van der Waals surface area contributed by atoms with Crippen molar-refractivity contribution in [3.8, 4) is 0 Å². The smallest absolute Gasteiger partial charge is 0.361 e. The van der Waals surface area contributed by atoms with E-state index in [0.717, 1.165) is 17.7 Å². The Hall–Kier alpha value is -1.07. The van der Waals surface area contributed by atoms with Crippen LogP contribution in [0.5, 0.6) is 0 Å². The number of halogens is 3. The van der Waals surface area contributed by atoms with Crippen molar-refractivity contribution in [1.82, 2.24) is 5.32 Å². The maximum Gasteiger partial charge on any atom is 0.416 e. The Morgan fingerprint density at radius 1 is 1.28 bits per heavy atom. The van der Waals surface area contributed by atoms with Gasteiger partial charge in [0, 0.05) is 12.0 Å². The van der Waals surface area contributed by atoms with Gasteiger partial charge in [-0.2, -0.15) is 13.2 Å². The Labute approximate surface area is 104 Å². The van der Waals surface area contributed by atoms with Crippen molar-refractivity contribution >= 4 is 0 Å². The lowest BCUT2D eigenvalue weighted by atomic mass is 10.1. The van der Waals surface area contributed by atoms with Crippen LogP contribution < -0.4 is 5.32 Å². The minimum Gasteiger partial charge on any atom is -0.361 e. The zero-order valence-corrected chi connectivity index (χ0v) is 10.3. The highest BCUT2D eigenvalue weighted by atomic mass is 19.4. The van der Waals surface area contributed by atoms with Crippen molar-refractivity contribution in [2.45, 2.75) is 38.2 Å². The van der Waals surface area contributed by atoms with E-state index in [-0.39, 0.29) is 11.8 Å². The van der Waals surface area contributed by atoms with Crippen molar-refractivity contribution in [2.75, 3.05) is 6.61 Å². The molecule has 1 atom stereocenters. The number of nitrogens with one attached hydrogen (secondary N) is 1. The molecule has 0 bridgehead atoms. The summed E-state index contributed by atoms with van der Waals surface area (Å²) in [5, 5.41) is 3.28. The summed E-state index contributed by atoms with van der Waals surface area (Å²) in [4.78, 5) is 0. The summed E-state index contributed by atoms with van der Waals surface area (Å²) in [6.45, 7) is 4.66. The van der Waals surface area contributed by atoms with E-state index in [4.69, 9.17) is 4.74 Å². The lowest BCUT2D eigenvalue weighted by Gasteiger charge is -2.17. The highest BCUT2D eigenvalue weighted by molar-refractivity contribution is 5.25. The van der Waals surface area contributed by atoms with Crippen LogP contribution in [0.4, 0.5) is 13.2 Å². The lowest BCUT2D eigenvalue weighted by Crippen LogP contribution is -2.39. The molecular formula is C13H16F3NO. The maximum atomic E-state index is 12.4. The molecule has 1 unspecified atom stereocenters. The molecule has 0 spiro atoms. The monoisotopic (exact) mass is 259 g/mol. The molecule has 100 valence electrons. The van der Waals surface area contributed by atoms with Gasteiger partial charge in [0.05, 0.1) is 12.2 Å². The third-order valence-electron chi connectivity index (χ3n) is 2.90. The molecular weight excluding hydrogens is 243 g/mol. The Morgan fingerprint density at radius 3 is 2.33 bits per heavy atom. The summed E-state index contributed by atoms with van der Waals surface area (Å²) in [7, 11) is 0. The first-order valence-electron chi connectivity index (χ1n) is 5.82. The lowest BCUT2D eigenvalue weighted by molar-refractivity contribution is -0.137. The van der Waals surface area contributed by atoms with Crippen LogP contribution in [0.1, 0.15) is 25.0 Å². The van der Waals surface area contributed by atoms with Gasteiger partial charge in [0.15, 0.2) is 0 Å². The van der Waals surface area contributed by atoms with E-state index in [2.05, 4.69) is 5.32 Å². The Morgan fingerprint density at radius 2 is 1.89 bits per heavy atom. The van der Waals surface area contributed by atoms with Gasteiger partial charge < -0.3 is 4.74 Å². The Bertz CT molecular complexity index is 411. The van der Waals surface area contributed by atoms with Crippen LogP contribution >= 0.6 is 0 Å². The molecule has 0 amide bonds. The van der Waals surface area contributed by atoms with Gasteiger partial charge >= 0.3 is 6.18 Å². The minimum absolute atomic E-state index is 0.0728. The number of benzene rings is 1. The van der Waals surface area contributed by atoms with Crippen molar-refractivity contribution < 1.29 is 17.9 Å². The second-order valence-corrected chi connectivity index (χ2v) is 5.23. The minimum atomic E-state index is -4.28. The van der Waals surface area contributed by atoms with Crippen molar-refractivity contribution in [2.24, 2.45) is 0 Å². The summed E-state index contributed by atoms with van der Waals surface area (Å²) in [6.07, 6.45) is -3.83. The van der Waals surface area contributed by atoms with Gasteiger partial charge in [0.1, 0.15) is 6.23 Å². The molecule has 1 aliphatic heterocycles. The van der Waals surface area contributed by atoms with Crippen LogP contribution in [0.2, 0.25) is 0 Å². The van der Waals surface area contributed by atoms with Crippen LogP contribution in [0, 0.1) is 0 Å². The summed E-state index contributed by atoms with van der Waals surface area (Å²) in [6, 6.07) is 5.21. The molecule has 2 rings (SSSR count). The van der Waals surface area contributed by atoms with Crippen LogP contribution in [0.3, 0.4) is 0 Å². The highest BCUT2D eigenvalue weighted by Gasteiger charge is 2.32. The molecule has 0 radical (unpaired) electrons. The van der Waals surface area contributed by atoms with Gasteiger partial charge in [-0.1, -0.05) is 12.1 Å². The standard InChI is InChI=1S/C13H16F3NO/c1-12(2)8-18-11(17-12)7-9-3-5-10(6-4-9)13(14,15)16/h3-6,11,17H,7-8H2,1-2H3. The SMILES string of the molecule is CC1(C)COC(Cc2ccc(C(F)(F)F)cc2)N1. The summed E-state index contributed by atoms with van der Waals surface area (Å²) < 4.78 is 42.7. The molecule has 18 heavy (non-hydrogen) atoms. The van der Waals surface area contributed by atoms with E-state index in [0.29, 0.717) is 13.0 Å². The Kier molecular flexibility index (Phi) is 3.38. The van der Waals surface area contributed by atoms with Crippen molar-refractivity contribution in [3.63, 3.8) is 0 Å². The van der Waals surface area contributed by atoms with E-state index in [9.17, 15) is 13.2 Å². The van der Waals surface area contributed by atoms with Gasteiger partial charge in [-0.05, 0) is 31.5 Å². The molecule has 1 saturated heterocycles. The first kappa shape index (κ1) is 13.4. The summed E-state index contributed by atoms with van der Waals surface area (Å²) in [5.74, 6) is 0. The zero-order chi connectivity index (χ0) is 13.4. The van der Waals surface area contributed by atoms with E-state index in [1.807, 2.05) is 13.8 Å². The molecule has 5 heteroatoms. The fourth-order valence-corrected chi connectivity index (χ4v) is 1.98. The quantitative estimate of drug-likeness (QED) is 0.881.